The highest BCUT2D eigenvalue weighted by Crippen LogP contribution is 2.29. The van der Waals surface area contributed by atoms with Crippen molar-refractivity contribution in [2.24, 2.45) is 5.73 Å². The van der Waals surface area contributed by atoms with Crippen molar-refractivity contribution in [1.82, 2.24) is 5.32 Å². The van der Waals surface area contributed by atoms with Crippen molar-refractivity contribution >= 4 is 23.6 Å². The second kappa shape index (κ2) is 5.05. The molecular weight excluding hydrogens is 228 g/mol. The highest BCUT2D eigenvalue weighted by Gasteiger charge is 2.34. The molecule has 5 nitrogen and oxygen atoms in total. The average molecular weight is 246 g/mol. The highest BCUT2D eigenvalue weighted by molar-refractivity contribution is 8.00. The lowest BCUT2D eigenvalue weighted by Crippen LogP contribution is -2.47. The van der Waals surface area contributed by atoms with Crippen LogP contribution in [0.25, 0.3) is 0 Å². The number of carboxylic acids is 1. The third-order valence-electron chi connectivity index (χ3n) is 2.76. The van der Waals surface area contributed by atoms with Crippen molar-refractivity contribution in [3.05, 3.63) is 0 Å². The summed E-state index contributed by atoms with van der Waals surface area (Å²) in [6.07, 6.45) is 1.39. The van der Waals surface area contributed by atoms with Crippen LogP contribution in [0.4, 0.5) is 0 Å². The minimum Gasteiger partial charge on any atom is -0.480 e. The number of hydrogen-bond acceptors (Lipinski definition) is 4. The molecular formula is C10H18N2O3S. The van der Waals surface area contributed by atoms with Crippen molar-refractivity contribution < 1.29 is 14.7 Å². The van der Waals surface area contributed by atoms with Gasteiger partial charge in [0.25, 0.3) is 0 Å². The minimum atomic E-state index is -0.993. The molecule has 92 valence electrons. The maximum absolute atomic E-state index is 11.0. The smallest absolute Gasteiger partial charge is 0.321 e. The largest absolute Gasteiger partial charge is 0.480 e. The molecule has 1 rings (SSSR count). The van der Waals surface area contributed by atoms with Gasteiger partial charge < -0.3 is 16.2 Å². The number of carboxylic acid groups (broad SMARTS) is 1. The molecule has 16 heavy (non-hydrogen) atoms. The summed E-state index contributed by atoms with van der Waals surface area (Å²) in [5.74, 6) is -0.210. The number of thioether (sulfide) groups is 1. The first-order valence-electron chi connectivity index (χ1n) is 5.24. The molecule has 0 saturated carbocycles. The van der Waals surface area contributed by atoms with Crippen molar-refractivity contribution in [2.75, 3.05) is 5.75 Å². The second-order valence-electron chi connectivity index (χ2n) is 4.53. The molecule has 2 atom stereocenters. The Balaban J connectivity index is 2.41. The van der Waals surface area contributed by atoms with Gasteiger partial charge in [0.05, 0.1) is 0 Å². The van der Waals surface area contributed by atoms with E-state index in [-0.39, 0.29) is 11.9 Å². The summed E-state index contributed by atoms with van der Waals surface area (Å²) in [5, 5.41) is 11.7. The maximum Gasteiger partial charge on any atom is 0.321 e. The number of rotatable bonds is 5. The van der Waals surface area contributed by atoms with Gasteiger partial charge in [-0.2, -0.15) is 11.8 Å². The Kier molecular flexibility index (Phi) is 4.21. The molecule has 1 heterocycles. The number of carbonyl (C=O) groups is 2. The molecule has 1 amide bonds. The molecule has 1 fully saturated rings. The molecule has 0 radical (unpaired) electrons. The van der Waals surface area contributed by atoms with E-state index < -0.39 is 16.8 Å². The van der Waals surface area contributed by atoms with Gasteiger partial charge in [0.15, 0.2) is 0 Å². The van der Waals surface area contributed by atoms with Gasteiger partial charge in [-0.25, -0.2) is 0 Å². The Hall–Kier alpha value is -0.750. The van der Waals surface area contributed by atoms with Crippen LogP contribution in [0.5, 0.6) is 0 Å². The maximum atomic E-state index is 11.0. The van der Waals surface area contributed by atoms with Crippen LogP contribution in [-0.2, 0) is 9.59 Å². The van der Waals surface area contributed by atoms with E-state index in [1.807, 2.05) is 13.8 Å². The first kappa shape index (κ1) is 13.3. The van der Waals surface area contributed by atoms with Crippen LogP contribution in [0.1, 0.15) is 26.7 Å². The van der Waals surface area contributed by atoms with E-state index in [2.05, 4.69) is 5.32 Å². The quantitative estimate of drug-likeness (QED) is 0.644. The topological polar surface area (TPSA) is 92.4 Å². The third-order valence-corrected chi connectivity index (χ3v) is 4.32. The monoisotopic (exact) mass is 246 g/mol. The van der Waals surface area contributed by atoms with Crippen LogP contribution in [0.15, 0.2) is 0 Å². The Labute approximate surface area is 99.1 Å². The van der Waals surface area contributed by atoms with Crippen LogP contribution >= 0.6 is 11.8 Å². The van der Waals surface area contributed by atoms with E-state index in [1.54, 1.807) is 0 Å². The number of carbonyl (C=O) groups excluding carboxylic acids is 1. The molecule has 6 heteroatoms. The van der Waals surface area contributed by atoms with Gasteiger partial charge in [0.1, 0.15) is 6.04 Å². The lowest BCUT2D eigenvalue weighted by atomic mass is 10.1. The van der Waals surface area contributed by atoms with Gasteiger partial charge in [-0.15, -0.1) is 0 Å². The molecule has 0 bridgehead atoms. The van der Waals surface area contributed by atoms with E-state index >= 15 is 0 Å². The van der Waals surface area contributed by atoms with E-state index in [9.17, 15) is 9.59 Å². The normalized spacial score (nSPS) is 22.9. The van der Waals surface area contributed by atoms with Gasteiger partial charge in [-0.1, -0.05) is 0 Å². The summed E-state index contributed by atoms with van der Waals surface area (Å²) in [6.45, 7) is 3.63. The van der Waals surface area contributed by atoms with Crippen LogP contribution in [0.3, 0.4) is 0 Å². The van der Waals surface area contributed by atoms with Crippen molar-refractivity contribution in [3.63, 3.8) is 0 Å². The zero-order valence-electron chi connectivity index (χ0n) is 9.53. The predicted molar refractivity (Wildman–Crippen MR) is 63.3 cm³/mol. The average Bonchev–Trinajstić information content (AvgIpc) is 2.60. The summed E-state index contributed by atoms with van der Waals surface area (Å²) in [5.41, 5.74) is 5.60. The molecule has 0 aliphatic carbocycles. The molecule has 1 unspecified atom stereocenters. The van der Waals surface area contributed by atoms with Gasteiger partial charge in [0, 0.05) is 23.0 Å². The second-order valence-corrected chi connectivity index (χ2v) is 6.21. The van der Waals surface area contributed by atoms with Gasteiger partial charge in [-0.05, 0) is 20.3 Å². The van der Waals surface area contributed by atoms with Gasteiger partial charge in [-0.3, -0.25) is 9.59 Å². The fraction of sp³-hybridized carbons (Fsp3) is 0.800. The molecule has 1 aliphatic heterocycles. The highest BCUT2D eigenvalue weighted by atomic mass is 32.2. The number of nitrogens with one attached hydrogen (secondary N) is 1. The van der Waals surface area contributed by atoms with Crippen molar-refractivity contribution in [2.45, 2.75) is 43.5 Å². The Bertz CT molecular complexity index is 294. The van der Waals surface area contributed by atoms with Crippen molar-refractivity contribution in [1.29, 1.82) is 0 Å². The van der Waals surface area contributed by atoms with Crippen LogP contribution < -0.4 is 11.1 Å². The Morgan fingerprint density at radius 1 is 1.75 bits per heavy atom. The molecule has 1 aliphatic rings. The number of nitrogens with two attached hydrogens (primary N) is 1. The standard InChI is InChI=1S/C10H18N2O3S/c1-10(2,8(11)9(14)15)16-5-6-3-4-7(13)12-6/h6,8H,3-5,11H2,1-2H3,(H,12,13)(H,14,15)/t6?,8-/m1/s1. The summed E-state index contributed by atoms with van der Waals surface area (Å²) in [4.78, 5) is 21.8. The number of hydrogen-bond donors (Lipinski definition) is 3. The molecule has 0 aromatic rings. The molecule has 1 saturated heterocycles. The minimum absolute atomic E-state index is 0.0749. The fourth-order valence-corrected chi connectivity index (χ4v) is 2.67. The first-order valence-corrected chi connectivity index (χ1v) is 6.23. The van der Waals surface area contributed by atoms with Gasteiger partial charge >= 0.3 is 5.97 Å². The number of aliphatic carboxylic acids is 1. The summed E-state index contributed by atoms with van der Waals surface area (Å²) in [6, 6.07) is -0.743. The molecule has 0 spiro atoms. The fourth-order valence-electron chi connectivity index (χ4n) is 1.50. The Morgan fingerprint density at radius 3 is 2.81 bits per heavy atom. The predicted octanol–water partition coefficient (Wildman–Crippen LogP) is 0.189. The lowest BCUT2D eigenvalue weighted by Gasteiger charge is -2.29. The zero-order valence-corrected chi connectivity index (χ0v) is 10.3. The van der Waals surface area contributed by atoms with Crippen LogP contribution in [0.2, 0.25) is 0 Å². The first-order chi connectivity index (χ1) is 7.33. The summed E-state index contributed by atoms with van der Waals surface area (Å²) in [7, 11) is 0. The van der Waals surface area contributed by atoms with Gasteiger partial charge in [0.2, 0.25) is 5.91 Å². The third kappa shape index (κ3) is 3.38. The SMILES string of the molecule is CC(C)(SCC1CCC(=O)N1)[C@H](N)C(=O)O. The van der Waals surface area contributed by atoms with E-state index in [0.717, 1.165) is 6.42 Å². The number of amides is 1. The van der Waals surface area contributed by atoms with E-state index in [1.165, 1.54) is 11.8 Å². The molecule has 0 aromatic heterocycles. The summed E-state index contributed by atoms with van der Waals surface area (Å²) >= 11 is 1.49. The van der Waals surface area contributed by atoms with Crippen LogP contribution in [-0.4, -0.2) is 39.6 Å². The molecule has 0 aromatic carbocycles. The van der Waals surface area contributed by atoms with E-state index in [0.29, 0.717) is 12.2 Å². The van der Waals surface area contributed by atoms with E-state index in [4.69, 9.17) is 10.8 Å². The lowest BCUT2D eigenvalue weighted by molar-refractivity contribution is -0.139. The zero-order chi connectivity index (χ0) is 12.3. The summed E-state index contributed by atoms with van der Waals surface area (Å²) < 4.78 is -0.529. The Morgan fingerprint density at radius 2 is 2.38 bits per heavy atom. The molecule has 4 N–H and O–H groups in total. The van der Waals surface area contributed by atoms with Crippen LogP contribution in [0, 0.1) is 0 Å². The van der Waals surface area contributed by atoms with Crippen molar-refractivity contribution in [3.8, 4) is 0 Å².